The van der Waals surface area contributed by atoms with Crippen molar-refractivity contribution >= 4 is 5.91 Å². The topological polar surface area (TPSA) is 59.8 Å². The zero-order valence-corrected chi connectivity index (χ0v) is 11.6. The van der Waals surface area contributed by atoms with E-state index in [9.17, 15) is 9.18 Å². The smallest absolute Gasteiger partial charge is 0.251 e. The van der Waals surface area contributed by atoms with Gasteiger partial charge in [0.2, 0.25) is 5.95 Å². The predicted octanol–water partition coefficient (Wildman–Crippen LogP) is 1.85. The Morgan fingerprint density at radius 3 is 2.85 bits per heavy atom. The molecule has 106 valence electrons. The molecule has 0 fully saturated rings. The standard InChI is InChI=1S/C14H17FN4O/c1-10-8-11(2)19(18-10)7-3-5-17-14(20)12-4-6-16-13(15)9-12/h4,6,8-9H,3,5,7H2,1-2H3,(H,17,20). The van der Waals surface area contributed by atoms with Gasteiger partial charge in [-0.25, -0.2) is 4.98 Å². The number of aryl methyl sites for hydroxylation is 3. The van der Waals surface area contributed by atoms with Crippen molar-refractivity contribution in [2.45, 2.75) is 26.8 Å². The lowest BCUT2D eigenvalue weighted by atomic mass is 10.2. The van der Waals surface area contributed by atoms with E-state index >= 15 is 0 Å². The van der Waals surface area contributed by atoms with E-state index in [2.05, 4.69) is 15.4 Å². The third-order valence-corrected chi connectivity index (χ3v) is 2.92. The van der Waals surface area contributed by atoms with Gasteiger partial charge in [-0.2, -0.15) is 9.49 Å². The second-order valence-electron chi connectivity index (χ2n) is 4.63. The average Bonchev–Trinajstić information content (AvgIpc) is 2.73. The largest absolute Gasteiger partial charge is 0.352 e. The van der Waals surface area contributed by atoms with Crippen molar-refractivity contribution in [1.29, 1.82) is 0 Å². The van der Waals surface area contributed by atoms with E-state index in [1.54, 1.807) is 0 Å². The summed E-state index contributed by atoms with van der Waals surface area (Å²) in [5.74, 6) is -0.944. The fourth-order valence-electron chi connectivity index (χ4n) is 1.98. The van der Waals surface area contributed by atoms with Gasteiger partial charge >= 0.3 is 0 Å². The molecule has 0 aliphatic heterocycles. The molecule has 1 amide bonds. The van der Waals surface area contributed by atoms with E-state index in [1.165, 1.54) is 12.3 Å². The number of pyridine rings is 1. The number of hydrogen-bond acceptors (Lipinski definition) is 3. The number of amides is 1. The number of nitrogens with one attached hydrogen (secondary N) is 1. The molecule has 0 aliphatic carbocycles. The molecule has 2 heterocycles. The summed E-state index contributed by atoms with van der Waals surface area (Å²) in [6, 6.07) is 4.62. The Morgan fingerprint density at radius 2 is 2.20 bits per heavy atom. The van der Waals surface area contributed by atoms with Gasteiger partial charge in [0.15, 0.2) is 0 Å². The number of carbonyl (C=O) groups excluding carboxylic acids is 1. The number of halogens is 1. The van der Waals surface area contributed by atoms with Crippen molar-refractivity contribution in [3.63, 3.8) is 0 Å². The van der Waals surface area contributed by atoms with Gasteiger partial charge < -0.3 is 5.32 Å². The van der Waals surface area contributed by atoms with Crippen LogP contribution in [0.1, 0.15) is 28.2 Å². The summed E-state index contributed by atoms with van der Waals surface area (Å²) in [5, 5.41) is 7.09. The molecule has 2 aromatic rings. The van der Waals surface area contributed by atoms with Crippen molar-refractivity contribution in [2.75, 3.05) is 6.54 Å². The maximum Gasteiger partial charge on any atom is 0.251 e. The second kappa shape index (κ2) is 6.27. The van der Waals surface area contributed by atoms with Crippen LogP contribution in [0.3, 0.4) is 0 Å². The highest BCUT2D eigenvalue weighted by molar-refractivity contribution is 5.93. The lowest BCUT2D eigenvalue weighted by Gasteiger charge is -2.06. The number of rotatable bonds is 5. The Morgan fingerprint density at radius 1 is 1.40 bits per heavy atom. The van der Waals surface area contributed by atoms with Crippen molar-refractivity contribution in [2.24, 2.45) is 0 Å². The molecule has 1 N–H and O–H groups in total. The van der Waals surface area contributed by atoms with Crippen molar-refractivity contribution in [3.05, 3.63) is 47.3 Å². The molecule has 6 heteroatoms. The third kappa shape index (κ3) is 3.63. The molecule has 0 atom stereocenters. The quantitative estimate of drug-likeness (QED) is 0.669. The highest BCUT2D eigenvalue weighted by Gasteiger charge is 2.06. The summed E-state index contributed by atoms with van der Waals surface area (Å²) >= 11 is 0. The number of carbonyl (C=O) groups is 1. The van der Waals surface area contributed by atoms with E-state index in [0.717, 1.165) is 30.4 Å². The van der Waals surface area contributed by atoms with Gasteiger partial charge in [-0.3, -0.25) is 9.48 Å². The Bertz CT molecular complexity index is 609. The minimum atomic E-state index is -0.653. The van der Waals surface area contributed by atoms with E-state index in [0.29, 0.717) is 6.54 Å². The first-order valence-electron chi connectivity index (χ1n) is 6.47. The van der Waals surface area contributed by atoms with Crippen LogP contribution >= 0.6 is 0 Å². The first kappa shape index (κ1) is 14.2. The van der Waals surface area contributed by atoms with Crippen LogP contribution in [0.2, 0.25) is 0 Å². The molecule has 0 aromatic carbocycles. The summed E-state index contributed by atoms with van der Waals surface area (Å²) in [6.07, 6.45) is 2.04. The summed E-state index contributed by atoms with van der Waals surface area (Å²) in [5.41, 5.74) is 2.37. The molecule has 2 rings (SSSR count). The molecule has 0 aliphatic rings. The van der Waals surface area contributed by atoms with Gasteiger partial charge in [-0.15, -0.1) is 0 Å². The van der Waals surface area contributed by atoms with E-state index in [4.69, 9.17) is 0 Å². The third-order valence-electron chi connectivity index (χ3n) is 2.92. The minimum absolute atomic E-state index is 0.281. The Kier molecular flexibility index (Phi) is 4.45. The highest BCUT2D eigenvalue weighted by Crippen LogP contribution is 2.03. The predicted molar refractivity (Wildman–Crippen MR) is 72.8 cm³/mol. The fourth-order valence-corrected chi connectivity index (χ4v) is 1.98. The van der Waals surface area contributed by atoms with Crippen LogP contribution in [0, 0.1) is 19.8 Å². The molecule has 0 saturated heterocycles. The van der Waals surface area contributed by atoms with E-state index in [1.807, 2.05) is 24.6 Å². The SMILES string of the molecule is Cc1cc(C)n(CCCNC(=O)c2ccnc(F)c2)n1. The van der Waals surface area contributed by atoms with Gasteiger partial charge in [-0.05, 0) is 32.4 Å². The van der Waals surface area contributed by atoms with Gasteiger partial charge in [0, 0.05) is 36.6 Å². The monoisotopic (exact) mass is 276 g/mol. The summed E-state index contributed by atoms with van der Waals surface area (Å²) in [6.45, 7) is 5.20. The van der Waals surface area contributed by atoms with Gasteiger partial charge in [0.25, 0.3) is 5.91 Å². The zero-order valence-electron chi connectivity index (χ0n) is 11.6. The molecule has 5 nitrogen and oxygen atoms in total. The molecular formula is C14H17FN4O. The Hall–Kier alpha value is -2.24. The van der Waals surface area contributed by atoms with Crippen LogP contribution in [-0.2, 0) is 6.54 Å². The van der Waals surface area contributed by atoms with Crippen LogP contribution in [0.25, 0.3) is 0 Å². The van der Waals surface area contributed by atoms with E-state index in [-0.39, 0.29) is 11.5 Å². The first-order valence-corrected chi connectivity index (χ1v) is 6.47. The molecule has 0 saturated carbocycles. The van der Waals surface area contributed by atoms with Crippen molar-refractivity contribution in [3.8, 4) is 0 Å². The maximum absolute atomic E-state index is 12.9. The molecule has 0 bridgehead atoms. The normalized spacial score (nSPS) is 10.6. The first-order chi connectivity index (χ1) is 9.56. The van der Waals surface area contributed by atoms with Crippen LogP contribution in [0.15, 0.2) is 24.4 Å². The lowest BCUT2D eigenvalue weighted by Crippen LogP contribution is -2.25. The van der Waals surface area contributed by atoms with Crippen molar-refractivity contribution in [1.82, 2.24) is 20.1 Å². The van der Waals surface area contributed by atoms with Crippen LogP contribution in [0.5, 0.6) is 0 Å². The molecular weight excluding hydrogens is 259 g/mol. The average molecular weight is 276 g/mol. The second-order valence-corrected chi connectivity index (χ2v) is 4.63. The van der Waals surface area contributed by atoms with Gasteiger partial charge in [-0.1, -0.05) is 0 Å². The zero-order chi connectivity index (χ0) is 14.5. The fraction of sp³-hybridized carbons (Fsp3) is 0.357. The van der Waals surface area contributed by atoms with Crippen molar-refractivity contribution < 1.29 is 9.18 Å². The van der Waals surface area contributed by atoms with Crippen LogP contribution in [-0.4, -0.2) is 27.2 Å². The molecule has 0 spiro atoms. The molecule has 0 radical (unpaired) electrons. The number of aromatic nitrogens is 3. The summed E-state index contributed by atoms with van der Waals surface area (Å²) in [4.78, 5) is 15.2. The Labute approximate surface area is 116 Å². The van der Waals surface area contributed by atoms with Gasteiger partial charge in [0.1, 0.15) is 0 Å². The number of nitrogens with zero attached hydrogens (tertiary/aromatic N) is 3. The lowest BCUT2D eigenvalue weighted by molar-refractivity contribution is 0.0952. The molecule has 2 aromatic heterocycles. The van der Waals surface area contributed by atoms with E-state index < -0.39 is 5.95 Å². The minimum Gasteiger partial charge on any atom is -0.352 e. The van der Waals surface area contributed by atoms with Crippen LogP contribution in [0.4, 0.5) is 4.39 Å². The summed E-state index contributed by atoms with van der Waals surface area (Å²) < 4.78 is 14.8. The summed E-state index contributed by atoms with van der Waals surface area (Å²) in [7, 11) is 0. The maximum atomic E-state index is 12.9. The molecule has 0 unspecified atom stereocenters. The van der Waals surface area contributed by atoms with Crippen LogP contribution < -0.4 is 5.32 Å². The number of hydrogen-bond donors (Lipinski definition) is 1. The Balaban J connectivity index is 1.79. The molecule has 20 heavy (non-hydrogen) atoms. The van der Waals surface area contributed by atoms with Gasteiger partial charge in [0.05, 0.1) is 5.69 Å². The highest BCUT2D eigenvalue weighted by atomic mass is 19.1.